The summed E-state index contributed by atoms with van der Waals surface area (Å²) < 4.78 is 0. The van der Waals surface area contributed by atoms with Gasteiger partial charge in [-0.2, -0.15) is 0 Å². The molecule has 0 radical (unpaired) electrons. The Hall–Kier alpha value is -0.0400. The number of hydrogen-bond donors (Lipinski definition) is 1. The minimum Gasteiger partial charge on any atom is -0.353 e. The van der Waals surface area contributed by atoms with Crippen molar-refractivity contribution < 1.29 is 0 Å². The van der Waals surface area contributed by atoms with Crippen molar-refractivity contribution in [3.05, 3.63) is 0 Å². The summed E-state index contributed by atoms with van der Waals surface area (Å²) in [5.74, 6) is 2.92. The Morgan fingerprint density at radius 2 is 1.92 bits per heavy atom. The van der Waals surface area contributed by atoms with Crippen LogP contribution in [0.4, 0.5) is 0 Å². The van der Waals surface area contributed by atoms with Crippen LogP contribution in [-0.4, -0.2) is 61.1 Å². The van der Waals surface area contributed by atoms with Gasteiger partial charge < -0.3 is 15.1 Å². The molecule has 140 valence electrons. The Morgan fingerprint density at radius 1 is 1.12 bits per heavy atom. The third-order valence-electron chi connectivity index (χ3n) is 5.75. The summed E-state index contributed by atoms with van der Waals surface area (Å²) in [7, 11) is 0. The molecule has 5 heteroatoms. The molecule has 3 fully saturated rings. The average Bonchev–Trinajstić information content (AvgIpc) is 3.12. The van der Waals surface area contributed by atoms with Gasteiger partial charge in [0, 0.05) is 32.2 Å². The number of guanidine groups is 1. The minimum absolute atomic E-state index is 0. The van der Waals surface area contributed by atoms with E-state index in [1.165, 1.54) is 83.6 Å². The lowest BCUT2D eigenvalue weighted by atomic mass is 10.1. The maximum Gasteiger partial charge on any atom is 0.194 e. The first kappa shape index (κ1) is 20.3. The normalized spacial score (nSPS) is 31.0. The Kier molecular flexibility index (Phi) is 8.61. The Bertz CT molecular complexity index is 395. The van der Waals surface area contributed by atoms with Crippen LogP contribution < -0.4 is 5.32 Å². The van der Waals surface area contributed by atoms with Crippen molar-refractivity contribution in [2.45, 2.75) is 64.8 Å². The van der Waals surface area contributed by atoms with E-state index in [9.17, 15) is 0 Å². The predicted molar refractivity (Wildman–Crippen MR) is 113 cm³/mol. The smallest absolute Gasteiger partial charge is 0.194 e. The van der Waals surface area contributed by atoms with E-state index in [1.54, 1.807) is 0 Å². The molecular formula is C19H37IN4. The summed E-state index contributed by atoms with van der Waals surface area (Å²) in [5.41, 5.74) is 0. The first-order valence-corrected chi connectivity index (χ1v) is 10.1. The maximum absolute atomic E-state index is 4.78. The molecule has 24 heavy (non-hydrogen) atoms. The Balaban J connectivity index is 0.00000208. The van der Waals surface area contributed by atoms with Crippen LogP contribution >= 0.6 is 24.0 Å². The number of nitrogens with one attached hydrogen (secondary N) is 1. The van der Waals surface area contributed by atoms with Gasteiger partial charge in [0.1, 0.15) is 0 Å². The molecule has 3 unspecified atom stereocenters. The molecule has 1 aliphatic carbocycles. The van der Waals surface area contributed by atoms with Gasteiger partial charge in [0.15, 0.2) is 5.96 Å². The highest BCUT2D eigenvalue weighted by atomic mass is 127. The van der Waals surface area contributed by atoms with Gasteiger partial charge in [0.2, 0.25) is 0 Å². The van der Waals surface area contributed by atoms with Crippen LogP contribution in [0.1, 0.15) is 58.8 Å². The zero-order valence-corrected chi connectivity index (χ0v) is 18.0. The lowest BCUT2D eigenvalue weighted by molar-refractivity contribution is 0.198. The second kappa shape index (κ2) is 10.2. The molecule has 0 bridgehead atoms. The number of likely N-dealkylation sites (tertiary alicyclic amines) is 2. The minimum atomic E-state index is 0. The van der Waals surface area contributed by atoms with Gasteiger partial charge in [0.25, 0.3) is 0 Å². The van der Waals surface area contributed by atoms with Crippen LogP contribution in [0.2, 0.25) is 0 Å². The molecule has 2 saturated heterocycles. The van der Waals surface area contributed by atoms with E-state index < -0.39 is 0 Å². The van der Waals surface area contributed by atoms with Crippen LogP contribution in [0.15, 0.2) is 4.99 Å². The number of piperidine rings is 1. The van der Waals surface area contributed by atoms with E-state index in [1.807, 2.05) is 0 Å². The zero-order chi connectivity index (χ0) is 16.1. The molecule has 2 aliphatic heterocycles. The zero-order valence-electron chi connectivity index (χ0n) is 15.7. The summed E-state index contributed by atoms with van der Waals surface area (Å²) in [6.07, 6.45) is 9.61. The maximum atomic E-state index is 4.78. The highest BCUT2D eigenvalue weighted by Gasteiger charge is 2.38. The Labute approximate surface area is 165 Å². The molecule has 0 amide bonds. The monoisotopic (exact) mass is 448 g/mol. The SMILES string of the molecule is CCCC1CC1NC(=NCC)N1CCC(CN2CCCCC2)C1.I. The van der Waals surface area contributed by atoms with Gasteiger partial charge in [0.05, 0.1) is 0 Å². The fourth-order valence-electron chi connectivity index (χ4n) is 4.35. The first-order chi connectivity index (χ1) is 11.3. The van der Waals surface area contributed by atoms with Crippen molar-refractivity contribution in [1.82, 2.24) is 15.1 Å². The van der Waals surface area contributed by atoms with E-state index in [0.717, 1.165) is 18.4 Å². The molecule has 0 spiro atoms. The van der Waals surface area contributed by atoms with Gasteiger partial charge in [-0.25, -0.2) is 0 Å². The van der Waals surface area contributed by atoms with Gasteiger partial charge in [-0.05, 0) is 64.0 Å². The van der Waals surface area contributed by atoms with E-state index in [-0.39, 0.29) is 24.0 Å². The standard InChI is InChI=1S/C19H36N4.HI/c1-3-8-17-13-18(17)21-19(20-4-2)23-12-9-16(15-23)14-22-10-6-5-7-11-22;/h16-18H,3-15H2,1-2H3,(H,20,21);1H. The van der Waals surface area contributed by atoms with Crippen LogP contribution in [0, 0.1) is 11.8 Å². The van der Waals surface area contributed by atoms with Crippen molar-refractivity contribution >= 4 is 29.9 Å². The van der Waals surface area contributed by atoms with E-state index in [4.69, 9.17) is 4.99 Å². The lowest BCUT2D eigenvalue weighted by Gasteiger charge is -2.29. The van der Waals surface area contributed by atoms with Gasteiger partial charge >= 0.3 is 0 Å². The molecule has 1 N–H and O–H groups in total. The summed E-state index contributed by atoms with van der Waals surface area (Å²) >= 11 is 0. The highest BCUT2D eigenvalue weighted by molar-refractivity contribution is 14.0. The molecule has 0 aromatic rings. The van der Waals surface area contributed by atoms with Crippen molar-refractivity contribution in [3.8, 4) is 0 Å². The van der Waals surface area contributed by atoms with Crippen molar-refractivity contribution in [2.24, 2.45) is 16.8 Å². The van der Waals surface area contributed by atoms with Crippen LogP contribution in [0.3, 0.4) is 0 Å². The molecular weight excluding hydrogens is 411 g/mol. The quantitative estimate of drug-likeness (QED) is 0.383. The number of halogens is 1. The molecule has 0 aromatic heterocycles. The van der Waals surface area contributed by atoms with Gasteiger partial charge in [-0.15, -0.1) is 24.0 Å². The molecule has 3 aliphatic rings. The first-order valence-electron chi connectivity index (χ1n) is 10.1. The summed E-state index contributed by atoms with van der Waals surface area (Å²) in [5, 5.41) is 3.76. The third-order valence-corrected chi connectivity index (χ3v) is 5.75. The van der Waals surface area contributed by atoms with E-state index >= 15 is 0 Å². The molecule has 4 nitrogen and oxygen atoms in total. The van der Waals surface area contributed by atoms with Crippen molar-refractivity contribution in [1.29, 1.82) is 0 Å². The fourth-order valence-corrected chi connectivity index (χ4v) is 4.35. The second-order valence-corrected chi connectivity index (χ2v) is 7.80. The largest absolute Gasteiger partial charge is 0.353 e. The summed E-state index contributed by atoms with van der Waals surface area (Å²) in [6.45, 7) is 11.7. The van der Waals surface area contributed by atoms with Gasteiger partial charge in [-0.1, -0.05) is 19.8 Å². The summed E-state index contributed by atoms with van der Waals surface area (Å²) in [6, 6.07) is 0.696. The predicted octanol–water partition coefficient (Wildman–Crippen LogP) is 3.57. The van der Waals surface area contributed by atoms with Crippen LogP contribution in [0.5, 0.6) is 0 Å². The number of nitrogens with zero attached hydrogens (tertiary/aromatic N) is 3. The van der Waals surface area contributed by atoms with Crippen LogP contribution in [-0.2, 0) is 0 Å². The topological polar surface area (TPSA) is 30.9 Å². The molecule has 3 atom stereocenters. The molecule has 2 heterocycles. The second-order valence-electron chi connectivity index (χ2n) is 7.80. The van der Waals surface area contributed by atoms with Gasteiger partial charge in [-0.3, -0.25) is 4.99 Å². The lowest BCUT2D eigenvalue weighted by Crippen LogP contribution is -2.42. The van der Waals surface area contributed by atoms with E-state index in [2.05, 4.69) is 29.0 Å². The van der Waals surface area contributed by atoms with Crippen molar-refractivity contribution in [3.63, 3.8) is 0 Å². The Morgan fingerprint density at radius 3 is 2.62 bits per heavy atom. The number of aliphatic imine (C=N–C) groups is 1. The van der Waals surface area contributed by atoms with Crippen LogP contribution in [0.25, 0.3) is 0 Å². The fraction of sp³-hybridized carbons (Fsp3) is 0.947. The molecule has 3 rings (SSSR count). The number of hydrogen-bond acceptors (Lipinski definition) is 2. The summed E-state index contributed by atoms with van der Waals surface area (Å²) in [4.78, 5) is 10.0. The number of rotatable bonds is 6. The average molecular weight is 448 g/mol. The third kappa shape index (κ3) is 5.75. The highest BCUT2D eigenvalue weighted by Crippen LogP contribution is 2.34. The molecule has 1 saturated carbocycles. The van der Waals surface area contributed by atoms with Crippen molar-refractivity contribution in [2.75, 3.05) is 39.3 Å². The van der Waals surface area contributed by atoms with E-state index in [0.29, 0.717) is 6.04 Å². The molecule has 0 aromatic carbocycles.